The molecule has 4 aromatic rings. The molecule has 4 aromatic carbocycles. The lowest BCUT2D eigenvalue weighted by Gasteiger charge is -2.26. The van der Waals surface area contributed by atoms with Gasteiger partial charge in [0.2, 0.25) is 0 Å². The molecular weight excluding hydrogens is 532 g/mol. The largest absolute Gasteiger partial charge is 0.488 e. The molecule has 0 bridgehead atoms. The summed E-state index contributed by atoms with van der Waals surface area (Å²) in [4.78, 5) is 51.6. The Balaban J connectivity index is 1.44. The van der Waals surface area contributed by atoms with Crippen LogP contribution in [0.1, 0.15) is 28.4 Å². The van der Waals surface area contributed by atoms with Crippen LogP contribution in [-0.4, -0.2) is 30.4 Å². The first kappa shape index (κ1) is 26.6. The summed E-state index contributed by atoms with van der Waals surface area (Å²) in [5, 5.41) is 4.68. The zero-order chi connectivity index (χ0) is 28.2. The molecule has 9 heteroatoms. The van der Waals surface area contributed by atoms with Gasteiger partial charge in [-0.2, -0.15) is 0 Å². The van der Waals surface area contributed by atoms with Crippen LogP contribution in [0.3, 0.4) is 0 Å². The lowest BCUT2D eigenvalue weighted by atomic mass is 10.0. The second-order valence-corrected chi connectivity index (χ2v) is 9.27. The third kappa shape index (κ3) is 5.43. The molecule has 1 saturated heterocycles. The number of ether oxygens (including phenoxy) is 2. The number of hydrogen-bond donors (Lipinski definition) is 1. The zero-order valence-corrected chi connectivity index (χ0v) is 22.1. The third-order valence-electron chi connectivity index (χ3n) is 6.27. The fraction of sp³-hybridized carbons (Fsp3) is 0.0968. The molecule has 0 spiro atoms. The Hall–Kier alpha value is -4.95. The summed E-state index contributed by atoms with van der Waals surface area (Å²) < 4.78 is 11.1. The van der Waals surface area contributed by atoms with E-state index in [9.17, 15) is 19.2 Å². The summed E-state index contributed by atoms with van der Waals surface area (Å²) in [5.41, 5.74) is 1.49. The van der Waals surface area contributed by atoms with E-state index in [1.54, 1.807) is 25.1 Å². The molecule has 40 heavy (non-hydrogen) atoms. The number of carbonyl (C=O) groups is 4. The van der Waals surface area contributed by atoms with Gasteiger partial charge in [0.15, 0.2) is 0 Å². The number of esters is 1. The van der Waals surface area contributed by atoms with Crippen molar-refractivity contribution < 1.29 is 28.7 Å². The molecule has 1 N–H and O–H groups in total. The fourth-order valence-electron chi connectivity index (χ4n) is 4.35. The molecule has 4 amide bonds. The van der Waals surface area contributed by atoms with Gasteiger partial charge in [0.05, 0.1) is 17.9 Å². The Kier molecular flexibility index (Phi) is 7.61. The number of hydrogen-bond acceptors (Lipinski definition) is 6. The molecule has 0 aliphatic carbocycles. The van der Waals surface area contributed by atoms with Crippen molar-refractivity contribution >= 4 is 58.0 Å². The van der Waals surface area contributed by atoms with Crippen molar-refractivity contribution in [3.05, 3.63) is 112 Å². The first-order chi connectivity index (χ1) is 19.4. The maximum absolute atomic E-state index is 13.4. The van der Waals surface area contributed by atoms with Gasteiger partial charge in [-0.05, 0) is 71.8 Å². The predicted octanol–water partition coefficient (Wildman–Crippen LogP) is 5.92. The van der Waals surface area contributed by atoms with E-state index in [0.717, 1.165) is 21.2 Å². The number of benzene rings is 4. The number of amides is 4. The number of barbiturate groups is 1. The topological polar surface area (TPSA) is 102 Å². The molecule has 1 heterocycles. The molecular formula is C31H23ClN2O6. The van der Waals surface area contributed by atoms with Crippen molar-refractivity contribution in [2.24, 2.45) is 0 Å². The second-order valence-electron chi connectivity index (χ2n) is 8.83. The van der Waals surface area contributed by atoms with E-state index in [4.69, 9.17) is 21.1 Å². The number of carbonyl (C=O) groups excluding carboxylic acids is 4. The maximum atomic E-state index is 13.4. The van der Waals surface area contributed by atoms with Crippen LogP contribution < -0.4 is 15.0 Å². The highest BCUT2D eigenvalue weighted by atomic mass is 35.5. The van der Waals surface area contributed by atoms with E-state index < -0.39 is 23.8 Å². The lowest BCUT2D eigenvalue weighted by Crippen LogP contribution is -2.54. The Labute approximate surface area is 234 Å². The van der Waals surface area contributed by atoms with Gasteiger partial charge in [-0.15, -0.1) is 0 Å². The Morgan fingerprint density at radius 1 is 0.950 bits per heavy atom. The second kappa shape index (κ2) is 11.4. The minimum absolute atomic E-state index is 0.174. The van der Waals surface area contributed by atoms with Crippen molar-refractivity contribution in [1.29, 1.82) is 0 Å². The van der Waals surface area contributed by atoms with Crippen molar-refractivity contribution in [3.63, 3.8) is 0 Å². The smallest absolute Gasteiger partial charge is 0.338 e. The van der Waals surface area contributed by atoms with Crippen LogP contribution >= 0.6 is 11.6 Å². The Bertz CT molecular complexity index is 1670. The molecule has 1 fully saturated rings. The van der Waals surface area contributed by atoms with Crippen LogP contribution in [-0.2, 0) is 20.9 Å². The first-order valence-corrected chi connectivity index (χ1v) is 12.8. The molecule has 0 aromatic heterocycles. The van der Waals surface area contributed by atoms with Gasteiger partial charge in [0, 0.05) is 10.6 Å². The first-order valence-electron chi connectivity index (χ1n) is 12.4. The molecule has 200 valence electrons. The highest BCUT2D eigenvalue weighted by Crippen LogP contribution is 2.29. The molecule has 0 unspecified atom stereocenters. The number of nitrogens with one attached hydrogen (secondary N) is 1. The number of urea groups is 1. The van der Waals surface area contributed by atoms with Crippen LogP contribution in [0.4, 0.5) is 10.5 Å². The molecule has 5 rings (SSSR count). The fourth-order valence-corrected chi connectivity index (χ4v) is 4.53. The number of imide groups is 2. The number of rotatable bonds is 7. The van der Waals surface area contributed by atoms with E-state index in [1.807, 2.05) is 42.5 Å². The average Bonchev–Trinajstić information content (AvgIpc) is 2.95. The van der Waals surface area contributed by atoms with Gasteiger partial charge in [-0.3, -0.25) is 14.9 Å². The highest BCUT2D eigenvalue weighted by molar-refractivity contribution is 6.39. The molecule has 8 nitrogen and oxygen atoms in total. The Morgan fingerprint density at radius 3 is 2.48 bits per heavy atom. The summed E-state index contributed by atoms with van der Waals surface area (Å²) >= 11 is 6.24. The summed E-state index contributed by atoms with van der Waals surface area (Å²) in [7, 11) is 0. The summed E-state index contributed by atoms with van der Waals surface area (Å²) in [6, 6.07) is 23.6. The van der Waals surface area contributed by atoms with E-state index in [-0.39, 0.29) is 30.0 Å². The normalized spacial score (nSPS) is 14.4. The van der Waals surface area contributed by atoms with Crippen molar-refractivity contribution in [2.45, 2.75) is 13.5 Å². The quantitative estimate of drug-likeness (QED) is 0.173. The Morgan fingerprint density at radius 2 is 1.70 bits per heavy atom. The molecule has 0 saturated carbocycles. The van der Waals surface area contributed by atoms with E-state index in [1.165, 1.54) is 30.3 Å². The van der Waals surface area contributed by atoms with Crippen LogP contribution in [0.5, 0.6) is 5.75 Å². The summed E-state index contributed by atoms with van der Waals surface area (Å²) in [6.07, 6.45) is 1.34. The van der Waals surface area contributed by atoms with Crippen LogP contribution in [0.2, 0.25) is 5.02 Å². The van der Waals surface area contributed by atoms with E-state index in [0.29, 0.717) is 16.3 Å². The van der Waals surface area contributed by atoms with Crippen molar-refractivity contribution in [2.75, 3.05) is 11.5 Å². The van der Waals surface area contributed by atoms with Gasteiger partial charge >= 0.3 is 12.0 Å². The monoisotopic (exact) mass is 554 g/mol. The minimum atomic E-state index is -0.908. The lowest BCUT2D eigenvalue weighted by molar-refractivity contribution is -0.122. The summed E-state index contributed by atoms with van der Waals surface area (Å²) in [6.45, 7) is 2.13. The molecule has 1 aliphatic heterocycles. The van der Waals surface area contributed by atoms with Gasteiger partial charge in [-0.25, -0.2) is 14.5 Å². The standard InChI is InChI=1S/C31H23ClN2O6/c1-2-39-30(37)20-10-13-24(14-11-20)34-29(36)26(28(35)33-31(34)38)17-22-16-23(32)12-15-27(22)40-18-21-8-5-7-19-6-3-4-9-25(19)21/h3-17H,2,18H2,1H3,(H,33,35,38)/b26-17+. The average molecular weight is 555 g/mol. The van der Waals surface area contributed by atoms with Gasteiger partial charge in [0.1, 0.15) is 17.9 Å². The van der Waals surface area contributed by atoms with Crippen LogP contribution in [0.25, 0.3) is 16.8 Å². The van der Waals surface area contributed by atoms with Gasteiger partial charge in [-0.1, -0.05) is 54.1 Å². The number of fused-ring (bicyclic) bond motifs is 1. The third-order valence-corrected chi connectivity index (χ3v) is 6.51. The van der Waals surface area contributed by atoms with E-state index >= 15 is 0 Å². The highest BCUT2D eigenvalue weighted by Gasteiger charge is 2.37. The molecule has 0 radical (unpaired) electrons. The van der Waals surface area contributed by atoms with E-state index in [2.05, 4.69) is 5.32 Å². The predicted molar refractivity (Wildman–Crippen MR) is 151 cm³/mol. The number of anilines is 1. The number of nitrogens with zero attached hydrogens (tertiary/aromatic N) is 1. The van der Waals surface area contributed by atoms with Crippen molar-refractivity contribution in [3.8, 4) is 5.75 Å². The molecule has 0 atom stereocenters. The van der Waals surface area contributed by atoms with Crippen LogP contribution in [0.15, 0.2) is 90.5 Å². The maximum Gasteiger partial charge on any atom is 0.338 e. The van der Waals surface area contributed by atoms with Gasteiger partial charge < -0.3 is 9.47 Å². The molecule has 1 aliphatic rings. The zero-order valence-electron chi connectivity index (χ0n) is 21.3. The van der Waals surface area contributed by atoms with Crippen molar-refractivity contribution in [1.82, 2.24) is 5.32 Å². The van der Waals surface area contributed by atoms with Crippen LogP contribution in [0, 0.1) is 0 Å². The minimum Gasteiger partial charge on any atom is -0.488 e. The van der Waals surface area contributed by atoms with Gasteiger partial charge in [0.25, 0.3) is 11.8 Å². The number of halogens is 1. The SMILES string of the molecule is CCOC(=O)c1ccc(N2C(=O)NC(=O)/C(=C\c3cc(Cl)ccc3OCc3cccc4ccccc34)C2=O)cc1. The summed E-state index contributed by atoms with van der Waals surface area (Å²) in [5.74, 6) is -1.82.